The lowest BCUT2D eigenvalue weighted by molar-refractivity contribution is -0.384. The maximum atomic E-state index is 13.1. The van der Waals surface area contributed by atoms with E-state index in [1.807, 2.05) is 12.1 Å². The van der Waals surface area contributed by atoms with E-state index in [0.717, 1.165) is 37.6 Å². The standard InChI is InChI=1S/C25H26FN7O3/c1-30-13-15-31(16-14-30)19-7-5-18(6-8-19)27-25-28-23-22(9-11-32(23)12-10-26)24(29-25)36-21-4-2-3-20(17-21)33(34)35/h2-9,11,17H,10,12-16H2,1H3,(H,27,28,29). The van der Waals surface area contributed by atoms with Crippen LogP contribution in [-0.4, -0.2) is 64.3 Å². The first-order chi connectivity index (χ1) is 17.5. The Kier molecular flexibility index (Phi) is 6.63. The van der Waals surface area contributed by atoms with Crippen LogP contribution in [0.25, 0.3) is 11.0 Å². The molecule has 1 aliphatic rings. The molecule has 4 aromatic rings. The smallest absolute Gasteiger partial charge is 0.273 e. The number of benzene rings is 2. The van der Waals surface area contributed by atoms with Crippen LogP contribution in [0.2, 0.25) is 0 Å². The van der Waals surface area contributed by atoms with Gasteiger partial charge in [0.2, 0.25) is 11.8 Å². The SMILES string of the molecule is CN1CCN(c2ccc(Nc3nc(Oc4cccc([N+](=O)[O-])c4)c4ccn(CCF)c4n3)cc2)CC1. The fraction of sp³-hybridized carbons (Fsp3) is 0.280. The van der Waals surface area contributed by atoms with Crippen LogP contribution < -0.4 is 15.0 Å². The molecule has 0 spiro atoms. The zero-order chi connectivity index (χ0) is 25.1. The van der Waals surface area contributed by atoms with Gasteiger partial charge >= 0.3 is 0 Å². The molecule has 36 heavy (non-hydrogen) atoms. The van der Waals surface area contributed by atoms with Gasteiger partial charge in [-0.1, -0.05) is 6.07 Å². The molecular weight excluding hydrogens is 465 g/mol. The van der Waals surface area contributed by atoms with Crippen LogP contribution in [0.1, 0.15) is 0 Å². The van der Waals surface area contributed by atoms with Crippen LogP contribution in [0.5, 0.6) is 11.6 Å². The topological polar surface area (TPSA) is 102 Å². The van der Waals surface area contributed by atoms with Gasteiger partial charge in [-0.3, -0.25) is 10.1 Å². The molecule has 0 bridgehead atoms. The molecule has 0 amide bonds. The number of rotatable bonds is 8. The number of non-ortho nitro benzene ring substituents is 1. The Balaban J connectivity index is 1.43. The third-order valence-electron chi connectivity index (χ3n) is 6.14. The van der Waals surface area contributed by atoms with Crippen LogP contribution in [0.3, 0.4) is 0 Å². The molecule has 2 aromatic carbocycles. The lowest BCUT2D eigenvalue weighted by atomic mass is 10.2. The average Bonchev–Trinajstić information content (AvgIpc) is 3.28. The molecule has 0 unspecified atom stereocenters. The van der Waals surface area contributed by atoms with E-state index in [4.69, 9.17) is 4.74 Å². The van der Waals surface area contributed by atoms with Gasteiger partial charge in [0.25, 0.3) is 5.69 Å². The van der Waals surface area contributed by atoms with E-state index < -0.39 is 11.6 Å². The second kappa shape index (κ2) is 10.2. The van der Waals surface area contributed by atoms with E-state index in [1.165, 1.54) is 12.1 Å². The lowest BCUT2D eigenvalue weighted by Gasteiger charge is -2.34. The lowest BCUT2D eigenvalue weighted by Crippen LogP contribution is -2.44. The van der Waals surface area contributed by atoms with Crippen LogP contribution in [0, 0.1) is 10.1 Å². The Hall–Kier alpha value is -4.25. The van der Waals surface area contributed by atoms with Crippen molar-refractivity contribution in [2.45, 2.75) is 6.54 Å². The Bertz CT molecular complexity index is 1370. The number of aryl methyl sites for hydroxylation is 1. The number of hydrogen-bond donors (Lipinski definition) is 1. The van der Waals surface area contributed by atoms with Gasteiger partial charge in [-0.15, -0.1) is 0 Å². The van der Waals surface area contributed by atoms with Gasteiger partial charge in [0.05, 0.1) is 22.9 Å². The van der Waals surface area contributed by atoms with Crippen molar-refractivity contribution in [2.75, 3.05) is 50.1 Å². The van der Waals surface area contributed by atoms with E-state index in [1.54, 1.807) is 29.0 Å². The monoisotopic (exact) mass is 491 g/mol. The number of nitrogens with zero attached hydrogens (tertiary/aromatic N) is 6. The van der Waals surface area contributed by atoms with Crippen LogP contribution in [0.4, 0.5) is 27.4 Å². The maximum Gasteiger partial charge on any atom is 0.273 e. The molecule has 10 nitrogen and oxygen atoms in total. The van der Waals surface area contributed by atoms with Crippen LogP contribution >= 0.6 is 0 Å². The largest absolute Gasteiger partial charge is 0.438 e. The quantitative estimate of drug-likeness (QED) is 0.282. The van der Waals surface area contributed by atoms with Gasteiger partial charge in [0, 0.05) is 49.8 Å². The summed E-state index contributed by atoms with van der Waals surface area (Å²) in [5, 5.41) is 14.9. The number of piperazine rings is 1. The Morgan fingerprint density at radius 3 is 2.58 bits per heavy atom. The summed E-state index contributed by atoms with van der Waals surface area (Å²) >= 11 is 0. The molecule has 1 fully saturated rings. The van der Waals surface area contributed by atoms with Gasteiger partial charge in [-0.2, -0.15) is 9.97 Å². The molecule has 0 aliphatic carbocycles. The summed E-state index contributed by atoms with van der Waals surface area (Å²) in [7, 11) is 2.13. The normalized spacial score (nSPS) is 14.2. The molecule has 186 valence electrons. The number of fused-ring (bicyclic) bond motifs is 1. The highest BCUT2D eigenvalue weighted by Crippen LogP contribution is 2.32. The molecule has 2 aromatic heterocycles. The predicted molar refractivity (Wildman–Crippen MR) is 136 cm³/mol. The number of alkyl halides is 1. The van der Waals surface area contributed by atoms with Gasteiger partial charge < -0.3 is 24.4 Å². The van der Waals surface area contributed by atoms with Gasteiger partial charge in [-0.25, -0.2) is 4.39 Å². The van der Waals surface area contributed by atoms with Crippen LogP contribution in [0.15, 0.2) is 60.8 Å². The van der Waals surface area contributed by atoms with Crippen molar-refractivity contribution in [1.82, 2.24) is 19.4 Å². The van der Waals surface area contributed by atoms with E-state index in [-0.39, 0.29) is 29.8 Å². The summed E-state index contributed by atoms with van der Waals surface area (Å²) in [6.45, 7) is 3.60. The highest BCUT2D eigenvalue weighted by Gasteiger charge is 2.17. The van der Waals surface area contributed by atoms with Crippen molar-refractivity contribution in [3.63, 3.8) is 0 Å². The van der Waals surface area contributed by atoms with Crippen LogP contribution in [-0.2, 0) is 6.54 Å². The summed E-state index contributed by atoms with van der Waals surface area (Å²) in [4.78, 5) is 24.4. The molecule has 1 aliphatic heterocycles. The molecule has 0 atom stereocenters. The van der Waals surface area contributed by atoms with E-state index in [0.29, 0.717) is 11.0 Å². The highest BCUT2D eigenvalue weighted by atomic mass is 19.1. The summed E-state index contributed by atoms with van der Waals surface area (Å²) in [6.07, 6.45) is 1.72. The maximum absolute atomic E-state index is 13.1. The highest BCUT2D eigenvalue weighted by molar-refractivity contribution is 5.83. The number of nitrogens with one attached hydrogen (secondary N) is 1. The number of anilines is 3. The van der Waals surface area contributed by atoms with Gasteiger partial charge in [0.15, 0.2) is 0 Å². The van der Waals surface area contributed by atoms with Gasteiger partial charge in [-0.05, 0) is 43.4 Å². The predicted octanol–water partition coefficient (Wildman–Crippen LogP) is 4.60. The third kappa shape index (κ3) is 5.05. The minimum atomic E-state index is -0.550. The first kappa shape index (κ1) is 23.5. The zero-order valence-corrected chi connectivity index (χ0v) is 19.8. The summed E-state index contributed by atoms with van der Waals surface area (Å²) in [5.74, 6) is 0.758. The van der Waals surface area contributed by atoms with Crippen molar-refractivity contribution in [1.29, 1.82) is 0 Å². The number of nitro benzene ring substituents is 1. The average molecular weight is 492 g/mol. The molecular formula is C25H26FN7O3. The number of halogens is 1. The summed E-state index contributed by atoms with van der Waals surface area (Å²) < 4.78 is 20.8. The Labute approximate surface area is 207 Å². The minimum absolute atomic E-state index is 0.0911. The Morgan fingerprint density at radius 2 is 1.86 bits per heavy atom. The molecule has 0 saturated carbocycles. The van der Waals surface area contributed by atoms with E-state index in [2.05, 4.69) is 44.3 Å². The second-order valence-corrected chi connectivity index (χ2v) is 8.61. The number of aromatic nitrogens is 3. The molecule has 1 N–H and O–H groups in total. The number of hydrogen-bond acceptors (Lipinski definition) is 8. The van der Waals surface area contributed by atoms with Crippen molar-refractivity contribution in [3.8, 4) is 11.6 Å². The first-order valence-corrected chi connectivity index (χ1v) is 11.7. The first-order valence-electron chi connectivity index (χ1n) is 11.7. The van der Waals surface area contributed by atoms with E-state index in [9.17, 15) is 14.5 Å². The molecule has 0 radical (unpaired) electrons. The molecule has 3 heterocycles. The number of ether oxygens (including phenoxy) is 1. The third-order valence-corrected chi connectivity index (χ3v) is 6.14. The summed E-state index contributed by atoms with van der Waals surface area (Å²) in [5.41, 5.74) is 2.35. The van der Waals surface area contributed by atoms with Crippen molar-refractivity contribution in [2.24, 2.45) is 0 Å². The van der Waals surface area contributed by atoms with E-state index >= 15 is 0 Å². The van der Waals surface area contributed by atoms with Crippen molar-refractivity contribution >= 4 is 34.0 Å². The second-order valence-electron chi connectivity index (χ2n) is 8.61. The zero-order valence-electron chi connectivity index (χ0n) is 19.8. The molecule has 11 heteroatoms. The molecule has 5 rings (SSSR count). The molecule has 1 saturated heterocycles. The minimum Gasteiger partial charge on any atom is -0.438 e. The fourth-order valence-corrected chi connectivity index (χ4v) is 4.16. The number of likely N-dealkylation sites (N-methyl/N-ethyl adjacent to an activating group) is 1. The Morgan fingerprint density at radius 1 is 1.08 bits per heavy atom. The fourth-order valence-electron chi connectivity index (χ4n) is 4.16. The van der Waals surface area contributed by atoms with Crippen molar-refractivity contribution < 1.29 is 14.1 Å². The van der Waals surface area contributed by atoms with Gasteiger partial charge in [0.1, 0.15) is 18.1 Å². The summed E-state index contributed by atoms with van der Waals surface area (Å²) in [6, 6.07) is 15.6. The van der Waals surface area contributed by atoms with Crippen molar-refractivity contribution in [3.05, 3.63) is 70.9 Å². The number of nitro groups is 1.